The molecule has 14 heavy (non-hydrogen) atoms. The summed E-state index contributed by atoms with van der Waals surface area (Å²) in [6, 6.07) is 10.3. The third-order valence-corrected chi connectivity index (χ3v) is 2.43. The molecule has 0 aromatic heterocycles. The lowest BCUT2D eigenvalue weighted by Gasteiger charge is -2.42. The van der Waals surface area contributed by atoms with Crippen LogP contribution < -0.4 is 0 Å². The van der Waals surface area contributed by atoms with Gasteiger partial charge in [0.05, 0.1) is 19.3 Å². The smallest absolute Gasteiger partial charge is 0.140 e. The van der Waals surface area contributed by atoms with Crippen molar-refractivity contribution in [2.75, 3.05) is 13.2 Å². The number of rotatable bonds is 3. The molecule has 1 heterocycles. The fraction of sp³-hybridized carbons (Fsp3) is 0.500. The Morgan fingerprint density at radius 1 is 1.21 bits per heavy atom. The van der Waals surface area contributed by atoms with Gasteiger partial charge in [0.15, 0.2) is 0 Å². The quantitative estimate of drug-likeness (QED) is 0.731. The molecule has 0 bridgehead atoms. The van der Waals surface area contributed by atoms with Crippen molar-refractivity contribution in [2.24, 2.45) is 0 Å². The van der Waals surface area contributed by atoms with E-state index in [2.05, 4.69) is 26.0 Å². The highest BCUT2D eigenvalue weighted by Gasteiger charge is 2.42. The largest absolute Gasteiger partial charge is 0.375 e. The van der Waals surface area contributed by atoms with Gasteiger partial charge in [0.25, 0.3) is 0 Å². The van der Waals surface area contributed by atoms with E-state index in [1.807, 2.05) is 18.2 Å². The van der Waals surface area contributed by atoms with Gasteiger partial charge in [-0.1, -0.05) is 30.3 Å². The van der Waals surface area contributed by atoms with Crippen molar-refractivity contribution in [1.82, 2.24) is 0 Å². The van der Waals surface area contributed by atoms with E-state index < -0.39 is 0 Å². The fourth-order valence-corrected chi connectivity index (χ4v) is 1.78. The molecule has 1 aliphatic heterocycles. The average molecular weight is 192 g/mol. The number of benzene rings is 1. The van der Waals surface area contributed by atoms with Crippen LogP contribution in [0, 0.1) is 0 Å². The molecule has 0 radical (unpaired) electrons. The summed E-state index contributed by atoms with van der Waals surface area (Å²) in [5.74, 6) is 0. The second-order valence-corrected chi connectivity index (χ2v) is 4.02. The first-order valence-corrected chi connectivity index (χ1v) is 5.04. The Morgan fingerprint density at radius 2 is 1.86 bits per heavy atom. The third kappa shape index (κ3) is 1.68. The second kappa shape index (κ2) is 3.71. The molecule has 0 aliphatic carbocycles. The highest BCUT2D eigenvalue weighted by atomic mass is 16.6. The second-order valence-electron chi connectivity index (χ2n) is 4.02. The molecule has 0 amide bonds. The van der Waals surface area contributed by atoms with Crippen LogP contribution in [-0.2, 0) is 15.1 Å². The summed E-state index contributed by atoms with van der Waals surface area (Å²) in [6.07, 6.45) is 0.235. The maximum Gasteiger partial charge on any atom is 0.140 e. The van der Waals surface area contributed by atoms with E-state index in [1.54, 1.807) is 0 Å². The number of hydrogen-bond acceptors (Lipinski definition) is 2. The number of hydrogen-bond donors (Lipinski definition) is 0. The summed E-state index contributed by atoms with van der Waals surface area (Å²) in [5.41, 5.74) is 1.04. The van der Waals surface area contributed by atoms with Crippen LogP contribution in [0.3, 0.4) is 0 Å². The SMILES string of the molecule is CC(C)OC1(c2ccccc2)COC1. The molecule has 1 saturated heterocycles. The normalized spacial score (nSPS) is 19.4. The van der Waals surface area contributed by atoms with Crippen molar-refractivity contribution in [2.45, 2.75) is 25.6 Å². The Balaban J connectivity index is 2.20. The molecule has 1 aromatic carbocycles. The van der Waals surface area contributed by atoms with Crippen LogP contribution in [0.2, 0.25) is 0 Å². The molecule has 0 saturated carbocycles. The van der Waals surface area contributed by atoms with Crippen molar-refractivity contribution in [3.63, 3.8) is 0 Å². The average Bonchev–Trinajstić information content (AvgIpc) is 2.12. The summed E-state index contributed by atoms with van der Waals surface area (Å²) in [5, 5.41) is 0. The minimum atomic E-state index is -0.185. The van der Waals surface area contributed by atoms with Crippen LogP contribution in [0.15, 0.2) is 30.3 Å². The van der Waals surface area contributed by atoms with E-state index in [4.69, 9.17) is 9.47 Å². The van der Waals surface area contributed by atoms with Gasteiger partial charge in [0.2, 0.25) is 0 Å². The van der Waals surface area contributed by atoms with Crippen molar-refractivity contribution in [3.05, 3.63) is 35.9 Å². The van der Waals surface area contributed by atoms with Gasteiger partial charge >= 0.3 is 0 Å². The van der Waals surface area contributed by atoms with Crippen LogP contribution >= 0.6 is 0 Å². The highest BCUT2D eigenvalue weighted by Crippen LogP contribution is 2.34. The van der Waals surface area contributed by atoms with E-state index in [9.17, 15) is 0 Å². The lowest BCUT2D eigenvalue weighted by Crippen LogP contribution is -2.50. The zero-order chi connectivity index (χ0) is 10.0. The molecule has 2 nitrogen and oxygen atoms in total. The van der Waals surface area contributed by atoms with Gasteiger partial charge in [-0.05, 0) is 19.4 Å². The molecule has 76 valence electrons. The third-order valence-electron chi connectivity index (χ3n) is 2.43. The Labute approximate surface area is 84.8 Å². The predicted octanol–water partition coefficient (Wildman–Crippen LogP) is 2.34. The topological polar surface area (TPSA) is 18.5 Å². The molecular formula is C12H16O2. The van der Waals surface area contributed by atoms with Gasteiger partial charge in [-0.3, -0.25) is 0 Å². The fourth-order valence-electron chi connectivity index (χ4n) is 1.78. The summed E-state index contributed by atoms with van der Waals surface area (Å²) in [7, 11) is 0. The lowest BCUT2D eigenvalue weighted by molar-refractivity contribution is -0.232. The summed E-state index contributed by atoms with van der Waals surface area (Å²) >= 11 is 0. The van der Waals surface area contributed by atoms with Crippen molar-refractivity contribution < 1.29 is 9.47 Å². The van der Waals surface area contributed by atoms with E-state index >= 15 is 0 Å². The molecule has 2 heteroatoms. The first-order chi connectivity index (χ1) is 6.73. The van der Waals surface area contributed by atoms with Crippen LogP contribution in [-0.4, -0.2) is 19.3 Å². The van der Waals surface area contributed by atoms with Gasteiger partial charge in [-0.2, -0.15) is 0 Å². The van der Waals surface area contributed by atoms with Crippen LogP contribution in [0.4, 0.5) is 0 Å². The van der Waals surface area contributed by atoms with E-state index in [0.717, 1.165) is 0 Å². The van der Waals surface area contributed by atoms with Gasteiger partial charge in [0, 0.05) is 0 Å². The van der Waals surface area contributed by atoms with Crippen molar-refractivity contribution >= 4 is 0 Å². The van der Waals surface area contributed by atoms with Gasteiger partial charge in [-0.25, -0.2) is 0 Å². The first kappa shape index (κ1) is 9.69. The zero-order valence-corrected chi connectivity index (χ0v) is 8.69. The Morgan fingerprint density at radius 3 is 2.29 bits per heavy atom. The maximum atomic E-state index is 5.93. The molecule has 1 aromatic rings. The maximum absolute atomic E-state index is 5.93. The minimum absolute atomic E-state index is 0.185. The summed E-state index contributed by atoms with van der Waals surface area (Å²) in [6.45, 7) is 5.47. The van der Waals surface area contributed by atoms with E-state index in [-0.39, 0.29) is 11.7 Å². The Kier molecular flexibility index (Phi) is 2.57. The van der Waals surface area contributed by atoms with Crippen LogP contribution in [0.25, 0.3) is 0 Å². The van der Waals surface area contributed by atoms with Gasteiger partial charge in [0.1, 0.15) is 5.60 Å². The number of ether oxygens (including phenoxy) is 2. The predicted molar refractivity (Wildman–Crippen MR) is 55.2 cm³/mol. The van der Waals surface area contributed by atoms with E-state index in [0.29, 0.717) is 13.2 Å². The van der Waals surface area contributed by atoms with Crippen molar-refractivity contribution in [1.29, 1.82) is 0 Å². The van der Waals surface area contributed by atoms with E-state index in [1.165, 1.54) is 5.56 Å². The molecular weight excluding hydrogens is 176 g/mol. The standard InChI is InChI=1S/C12H16O2/c1-10(2)14-12(8-13-9-12)11-6-4-3-5-7-11/h3-7,10H,8-9H2,1-2H3. The van der Waals surface area contributed by atoms with Crippen molar-refractivity contribution in [3.8, 4) is 0 Å². The van der Waals surface area contributed by atoms with Gasteiger partial charge < -0.3 is 9.47 Å². The molecule has 0 spiro atoms. The zero-order valence-electron chi connectivity index (χ0n) is 8.69. The molecule has 1 fully saturated rings. The molecule has 2 rings (SSSR count). The first-order valence-electron chi connectivity index (χ1n) is 5.04. The molecule has 1 aliphatic rings. The molecule has 0 N–H and O–H groups in total. The Hall–Kier alpha value is -0.860. The Bertz CT molecular complexity index is 288. The highest BCUT2D eigenvalue weighted by molar-refractivity contribution is 5.24. The lowest BCUT2D eigenvalue weighted by atomic mass is 9.91. The summed E-state index contributed by atoms with van der Waals surface area (Å²) < 4.78 is 11.2. The molecule has 0 atom stereocenters. The molecule has 0 unspecified atom stereocenters. The van der Waals surface area contributed by atoms with Crippen LogP contribution in [0.5, 0.6) is 0 Å². The van der Waals surface area contributed by atoms with Gasteiger partial charge in [-0.15, -0.1) is 0 Å². The monoisotopic (exact) mass is 192 g/mol. The summed E-state index contributed by atoms with van der Waals surface area (Å²) in [4.78, 5) is 0. The van der Waals surface area contributed by atoms with Crippen LogP contribution in [0.1, 0.15) is 19.4 Å². The minimum Gasteiger partial charge on any atom is -0.375 e.